The third kappa shape index (κ3) is 5.94. The Balaban J connectivity index is 0.00000300. The lowest BCUT2D eigenvalue weighted by Gasteiger charge is -2.19. The van der Waals surface area contributed by atoms with Gasteiger partial charge in [0.05, 0.1) is 17.2 Å². The molecule has 1 heterocycles. The van der Waals surface area contributed by atoms with E-state index in [1.54, 1.807) is 0 Å². The predicted octanol–water partition coefficient (Wildman–Crippen LogP) is 4.07. The fourth-order valence-corrected chi connectivity index (χ4v) is 2.93. The molecular weight excluding hydrogens is 424 g/mol. The Morgan fingerprint density at radius 3 is 2.34 bits per heavy atom. The summed E-state index contributed by atoms with van der Waals surface area (Å²) in [5.41, 5.74) is -3.81. The molecule has 1 saturated carbocycles. The van der Waals surface area contributed by atoms with Crippen LogP contribution in [0.3, 0.4) is 0 Å². The van der Waals surface area contributed by atoms with E-state index >= 15 is 0 Å². The topological polar surface area (TPSA) is 57.2 Å². The van der Waals surface area contributed by atoms with Gasteiger partial charge < -0.3 is 15.7 Å². The molecule has 0 bridgehead atoms. The molecule has 11 heteroatoms. The molecule has 0 aliphatic heterocycles. The van der Waals surface area contributed by atoms with E-state index in [4.69, 9.17) is 0 Å². The highest BCUT2D eigenvalue weighted by Gasteiger charge is 2.37. The largest absolute Gasteiger partial charge is 0.433 e. The molecule has 1 aromatic heterocycles. The summed E-state index contributed by atoms with van der Waals surface area (Å²) in [5, 5.41) is 16.3. The number of aliphatic hydroxyl groups excluding tert-OH is 1. The lowest BCUT2D eigenvalue weighted by Crippen LogP contribution is -2.31. The van der Waals surface area contributed by atoms with Crippen LogP contribution in [-0.2, 0) is 12.4 Å². The monoisotopic (exact) mass is 443 g/mol. The number of fused-ring (bicyclic) bond motifs is 1. The summed E-state index contributed by atoms with van der Waals surface area (Å²) in [7, 11) is 0. The average Bonchev–Trinajstić information content (AvgIpc) is 3.42. The van der Waals surface area contributed by atoms with E-state index in [9.17, 15) is 31.4 Å². The lowest BCUT2D eigenvalue weighted by atomic mass is 9.99. The number of benzene rings is 1. The lowest BCUT2D eigenvalue weighted by molar-refractivity contribution is -0.142. The fraction of sp³-hybridized carbons (Fsp3) is 0.500. The molecular formula is C18H20ClF6N3O. The number of nitrogens with zero attached hydrogens (tertiary/aromatic N) is 1. The Kier molecular flexibility index (Phi) is 7.37. The van der Waals surface area contributed by atoms with Gasteiger partial charge in [0.15, 0.2) is 0 Å². The van der Waals surface area contributed by atoms with Gasteiger partial charge in [-0.05, 0) is 30.5 Å². The molecule has 4 nitrogen and oxygen atoms in total. The standard InChI is InChI=1S/C18H19F6N3O.ClH/c19-17(20,21)13-3-1-2-11-12(8-15(18(22,23)24)27-16(11)13)14(28)9-25-6-7-26-10-4-5-10;/h1-3,8,10,14,25-26,28H,4-7,9H2;1H/t14-;/m1./s1. The SMILES string of the molecule is Cl.O[C@H](CNCCNC1CC1)c1cc(C(F)(F)F)nc2c(C(F)(F)F)cccc12. The summed E-state index contributed by atoms with van der Waals surface area (Å²) in [6.45, 7) is 0.996. The van der Waals surface area contributed by atoms with Crippen molar-refractivity contribution in [2.45, 2.75) is 37.3 Å². The molecule has 1 aliphatic rings. The minimum absolute atomic E-state index is 0. The molecule has 29 heavy (non-hydrogen) atoms. The van der Waals surface area contributed by atoms with Crippen LogP contribution in [-0.4, -0.2) is 35.8 Å². The number of aliphatic hydroxyl groups is 1. The zero-order chi connectivity index (χ0) is 20.5. The second kappa shape index (κ2) is 9.03. The maximum absolute atomic E-state index is 13.2. The number of para-hydroxylation sites is 1. The number of hydrogen-bond donors (Lipinski definition) is 3. The Labute approximate surface area is 169 Å². The van der Waals surface area contributed by atoms with Gasteiger partial charge in [0, 0.05) is 31.1 Å². The molecule has 1 aromatic carbocycles. The van der Waals surface area contributed by atoms with E-state index in [-0.39, 0.29) is 29.9 Å². The van der Waals surface area contributed by atoms with Crippen LogP contribution in [0.2, 0.25) is 0 Å². The Morgan fingerprint density at radius 2 is 1.76 bits per heavy atom. The quantitative estimate of drug-likeness (QED) is 0.446. The summed E-state index contributed by atoms with van der Waals surface area (Å²) in [6.07, 6.45) is -9.02. The maximum atomic E-state index is 13.2. The average molecular weight is 444 g/mol. The third-order valence-electron chi connectivity index (χ3n) is 4.48. The zero-order valence-corrected chi connectivity index (χ0v) is 15.9. The second-order valence-electron chi connectivity index (χ2n) is 6.74. The van der Waals surface area contributed by atoms with Gasteiger partial charge in [-0.15, -0.1) is 12.4 Å². The fourth-order valence-electron chi connectivity index (χ4n) is 2.93. The highest BCUT2D eigenvalue weighted by atomic mass is 35.5. The number of pyridine rings is 1. The van der Waals surface area contributed by atoms with Crippen molar-refractivity contribution in [3.63, 3.8) is 0 Å². The highest BCUT2D eigenvalue weighted by molar-refractivity contribution is 5.86. The van der Waals surface area contributed by atoms with Crippen LogP contribution in [0.5, 0.6) is 0 Å². The molecule has 3 N–H and O–H groups in total. The first-order chi connectivity index (χ1) is 13.1. The van der Waals surface area contributed by atoms with E-state index in [2.05, 4.69) is 15.6 Å². The molecule has 1 aliphatic carbocycles. The van der Waals surface area contributed by atoms with E-state index in [0.717, 1.165) is 18.9 Å². The number of alkyl halides is 6. The predicted molar refractivity (Wildman–Crippen MR) is 97.8 cm³/mol. The molecule has 0 saturated heterocycles. The molecule has 162 valence electrons. The highest BCUT2D eigenvalue weighted by Crippen LogP contribution is 2.38. The Hall–Kier alpha value is -1.62. The van der Waals surface area contributed by atoms with Crippen LogP contribution in [0.25, 0.3) is 10.9 Å². The number of aromatic nitrogens is 1. The van der Waals surface area contributed by atoms with Crippen LogP contribution in [0.4, 0.5) is 26.3 Å². The van der Waals surface area contributed by atoms with Crippen molar-refractivity contribution in [3.8, 4) is 0 Å². The summed E-state index contributed by atoms with van der Waals surface area (Å²) >= 11 is 0. The van der Waals surface area contributed by atoms with Crippen molar-refractivity contribution in [1.82, 2.24) is 15.6 Å². The second-order valence-corrected chi connectivity index (χ2v) is 6.74. The molecule has 3 rings (SSSR count). The summed E-state index contributed by atoms with van der Waals surface area (Å²) in [5.74, 6) is 0. The van der Waals surface area contributed by atoms with E-state index < -0.39 is 35.2 Å². The van der Waals surface area contributed by atoms with E-state index in [0.29, 0.717) is 31.3 Å². The summed E-state index contributed by atoms with van der Waals surface area (Å²) < 4.78 is 79.2. The van der Waals surface area contributed by atoms with Crippen LogP contribution < -0.4 is 10.6 Å². The molecule has 0 amide bonds. The summed E-state index contributed by atoms with van der Waals surface area (Å²) in [4.78, 5) is 3.21. The van der Waals surface area contributed by atoms with Crippen molar-refractivity contribution >= 4 is 23.3 Å². The van der Waals surface area contributed by atoms with Gasteiger partial charge >= 0.3 is 12.4 Å². The number of halogens is 7. The van der Waals surface area contributed by atoms with Gasteiger partial charge in [0.1, 0.15) is 5.69 Å². The Bertz CT molecular complexity index is 839. The normalized spacial score (nSPS) is 16.0. The molecule has 1 fully saturated rings. The van der Waals surface area contributed by atoms with Gasteiger partial charge in [0.2, 0.25) is 0 Å². The first-order valence-electron chi connectivity index (χ1n) is 8.77. The minimum atomic E-state index is -4.94. The minimum Gasteiger partial charge on any atom is -0.387 e. The third-order valence-corrected chi connectivity index (χ3v) is 4.48. The van der Waals surface area contributed by atoms with E-state index in [1.807, 2.05) is 0 Å². The van der Waals surface area contributed by atoms with Crippen LogP contribution >= 0.6 is 12.4 Å². The van der Waals surface area contributed by atoms with Crippen molar-refractivity contribution in [3.05, 3.63) is 41.1 Å². The van der Waals surface area contributed by atoms with Crippen molar-refractivity contribution in [2.24, 2.45) is 0 Å². The molecule has 2 aromatic rings. The number of nitrogens with one attached hydrogen (secondary N) is 2. The molecule has 0 radical (unpaired) electrons. The Morgan fingerprint density at radius 1 is 1.07 bits per heavy atom. The maximum Gasteiger partial charge on any atom is 0.433 e. The van der Waals surface area contributed by atoms with Gasteiger partial charge in [0.25, 0.3) is 0 Å². The molecule has 0 spiro atoms. The van der Waals surface area contributed by atoms with Gasteiger partial charge in [-0.25, -0.2) is 4.98 Å². The van der Waals surface area contributed by atoms with E-state index in [1.165, 1.54) is 6.07 Å². The first-order valence-corrected chi connectivity index (χ1v) is 8.77. The summed E-state index contributed by atoms with van der Waals surface area (Å²) in [6, 6.07) is 4.09. The van der Waals surface area contributed by atoms with Gasteiger partial charge in [-0.2, -0.15) is 26.3 Å². The number of hydrogen-bond acceptors (Lipinski definition) is 4. The first kappa shape index (κ1) is 23.7. The van der Waals surface area contributed by atoms with Crippen LogP contribution in [0.1, 0.15) is 35.8 Å². The van der Waals surface area contributed by atoms with Crippen LogP contribution in [0, 0.1) is 0 Å². The van der Waals surface area contributed by atoms with Crippen molar-refractivity contribution in [2.75, 3.05) is 19.6 Å². The molecule has 1 atom stereocenters. The smallest absolute Gasteiger partial charge is 0.387 e. The zero-order valence-electron chi connectivity index (χ0n) is 15.1. The van der Waals surface area contributed by atoms with Gasteiger partial charge in [-0.1, -0.05) is 12.1 Å². The molecule has 0 unspecified atom stereocenters. The van der Waals surface area contributed by atoms with Crippen molar-refractivity contribution < 1.29 is 31.4 Å². The number of rotatable bonds is 7. The van der Waals surface area contributed by atoms with Crippen LogP contribution in [0.15, 0.2) is 24.3 Å². The van der Waals surface area contributed by atoms with Gasteiger partial charge in [-0.3, -0.25) is 0 Å². The van der Waals surface area contributed by atoms with Crippen molar-refractivity contribution in [1.29, 1.82) is 0 Å².